The Labute approximate surface area is 166 Å². The summed E-state index contributed by atoms with van der Waals surface area (Å²) < 4.78 is 12.5. The average molecular weight is 386 g/mol. The molecule has 0 spiro atoms. The maximum atomic E-state index is 12.5. The number of aryl methyl sites for hydroxylation is 1. The molecule has 1 aromatic heterocycles. The van der Waals surface area contributed by atoms with Crippen molar-refractivity contribution in [2.75, 3.05) is 32.6 Å². The van der Waals surface area contributed by atoms with Gasteiger partial charge in [0, 0.05) is 12.0 Å². The monoisotopic (exact) mass is 386 g/mol. The van der Waals surface area contributed by atoms with Gasteiger partial charge in [-0.1, -0.05) is 6.07 Å². The van der Waals surface area contributed by atoms with Crippen LogP contribution < -0.4 is 20.1 Å². The first-order valence-electron chi connectivity index (χ1n) is 9.84. The third-order valence-electron chi connectivity index (χ3n) is 5.30. The van der Waals surface area contributed by atoms with Gasteiger partial charge >= 0.3 is 0 Å². The number of nitrogens with zero attached hydrogens (tertiary/aromatic N) is 2. The molecule has 0 unspecified atom stereocenters. The molecule has 2 aromatic rings. The van der Waals surface area contributed by atoms with Crippen LogP contribution in [-0.4, -0.2) is 43.0 Å². The van der Waals surface area contributed by atoms with Crippen LogP contribution in [0.15, 0.2) is 24.4 Å². The van der Waals surface area contributed by atoms with E-state index in [1.165, 1.54) is 0 Å². The van der Waals surface area contributed by atoms with Crippen LogP contribution in [0.2, 0.25) is 0 Å². The number of anilines is 1. The van der Waals surface area contributed by atoms with Crippen molar-refractivity contribution in [3.63, 3.8) is 0 Å². The normalized spacial score (nSPS) is 14.7. The standard InChI is InChI=1S/C21H30N4O3/c1-15-13-23-25(14-17-4-6-18(27-2)19(12-17)28-3)21(15)24-20(26)7-5-16-8-10-22-11-9-16/h4,6,12-13,16,22H,5,7-11,14H2,1-3H3,(H,24,26). The molecule has 2 N–H and O–H groups in total. The van der Waals surface area contributed by atoms with Crippen molar-refractivity contribution in [3.8, 4) is 11.5 Å². The number of carbonyl (C=O) groups is 1. The zero-order chi connectivity index (χ0) is 19.9. The Kier molecular flexibility index (Phi) is 6.92. The Morgan fingerprint density at radius 2 is 2.00 bits per heavy atom. The van der Waals surface area contributed by atoms with Gasteiger partial charge in [-0.25, -0.2) is 4.68 Å². The minimum atomic E-state index is 0.0516. The maximum absolute atomic E-state index is 12.5. The number of benzene rings is 1. The van der Waals surface area contributed by atoms with E-state index in [1.54, 1.807) is 20.4 Å². The molecule has 1 saturated heterocycles. The van der Waals surface area contributed by atoms with Gasteiger partial charge in [0.1, 0.15) is 5.82 Å². The van der Waals surface area contributed by atoms with Crippen LogP contribution >= 0.6 is 0 Å². The largest absolute Gasteiger partial charge is 0.493 e. The van der Waals surface area contributed by atoms with Gasteiger partial charge in [-0.3, -0.25) is 4.79 Å². The van der Waals surface area contributed by atoms with E-state index >= 15 is 0 Å². The second kappa shape index (κ2) is 9.59. The highest BCUT2D eigenvalue weighted by atomic mass is 16.5. The molecule has 1 fully saturated rings. The fourth-order valence-corrected chi connectivity index (χ4v) is 3.61. The minimum Gasteiger partial charge on any atom is -0.493 e. The molecule has 7 nitrogen and oxygen atoms in total. The van der Waals surface area contributed by atoms with Crippen molar-refractivity contribution in [1.29, 1.82) is 0 Å². The molecule has 0 saturated carbocycles. The van der Waals surface area contributed by atoms with Crippen molar-refractivity contribution in [2.24, 2.45) is 5.92 Å². The van der Waals surface area contributed by atoms with Gasteiger partial charge in [-0.2, -0.15) is 5.10 Å². The van der Waals surface area contributed by atoms with Crippen LogP contribution in [0, 0.1) is 12.8 Å². The Morgan fingerprint density at radius 3 is 2.71 bits per heavy atom. The van der Waals surface area contributed by atoms with E-state index in [0.29, 0.717) is 30.4 Å². The Hall–Kier alpha value is -2.54. The van der Waals surface area contributed by atoms with Gasteiger partial charge in [-0.15, -0.1) is 0 Å². The van der Waals surface area contributed by atoms with E-state index in [9.17, 15) is 4.79 Å². The third-order valence-corrected chi connectivity index (χ3v) is 5.30. The lowest BCUT2D eigenvalue weighted by Gasteiger charge is -2.22. The van der Waals surface area contributed by atoms with E-state index in [0.717, 1.165) is 49.3 Å². The van der Waals surface area contributed by atoms with Gasteiger partial charge in [0.2, 0.25) is 5.91 Å². The molecule has 1 amide bonds. The highest BCUT2D eigenvalue weighted by molar-refractivity contribution is 5.90. The summed E-state index contributed by atoms with van der Waals surface area (Å²) in [4.78, 5) is 12.5. The van der Waals surface area contributed by atoms with Crippen LogP contribution in [0.4, 0.5) is 5.82 Å². The predicted molar refractivity (Wildman–Crippen MR) is 109 cm³/mol. The molecule has 0 radical (unpaired) electrons. The summed E-state index contributed by atoms with van der Waals surface area (Å²) in [6.45, 7) is 4.62. The topological polar surface area (TPSA) is 77.4 Å². The van der Waals surface area contributed by atoms with Gasteiger partial charge in [0.25, 0.3) is 0 Å². The first-order valence-corrected chi connectivity index (χ1v) is 9.84. The van der Waals surface area contributed by atoms with Crippen LogP contribution in [-0.2, 0) is 11.3 Å². The zero-order valence-corrected chi connectivity index (χ0v) is 17.0. The first kappa shape index (κ1) is 20.2. The molecule has 3 rings (SSSR count). The maximum Gasteiger partial charge on any atom is 0.225 e. The number of hydrogen-bond donors (Lipinski definition) is 2. The summed E-state index contributed by atoms with van der Waals surface area (Å²) in [5, 5.41) is 10.9. The molecule has 0 atom stereocenters. The lowest BCUT2D eigenvalue weighted by Crippen LogP contribution is -2.28. The first-order chi connectivity index (χ1) is 13.6. The minimum absolute atomic E-state index is 0.0516. The number of methoxy groups -OCH3 is 2. The molecular weight excluding hydrogens is 356 g/mol. The Bertz CT molecular complexity index is 797. The molecule has 1 aromatic carbocycles. The molecule has 7 heteroatoms. The van der Waals surface area contributed by atoms with Crippen molar-refractivity contribution >= 4 is 11.7 Å². The highest BCUT2D eigenvalue weighted by Crippen LogP contribution is 2.28. The molecule has 0 aliphatic carbocycles. The van der Waals surface area contributed by atoms with Crippen LogP contribution in [0.25, 0.3) is 0 Å². The molecule has 28 heavy (non-hydrogen) atoms. The Balaban J connectivity index is 1.63. The molecule has 1 aliphatic heterocycles. The van der Waals surface area contributed by atoms with E-state index in [1.807, 2.05) is 29.8 Å². The van der Waals surface area contributed by atoms with Crippen molar-refractivity contribution < 1.29 is 14.3 Å². The number of aromatic nitrogens is 2. The van der Waals surface area contributed by atoms with Gasteiger partial charge < -0.3 is 20.1 Å². The van der Waals surface area contributed by atoms with Crippen molar-refractivity contribution in [2.45, 2.75) is 39.2 Å². The Morgan fingerprint density at radius 1 is 1.25 bits per heavy atom. The molecule has 2 heterocycles. The fourth-order valence-electron chi connectivity index (χ4n) is 3.61. The van der Waals surface area contributed by atoms with E-state index < -0.39 is 0 Å². The summed E-state index contributed by atoms with van der Waals surface area (Å²) in [5.41, 5.74) is 1.97. The number of nitrogens with one attached hydrogen (secondary N) is 2. The quantitative estimate of drug-likeness (QED) is 0.729. The van der Waals surface area contributed by atoms with Gasteiger partial charge in [0.15, 0.2) is 11.5 Å². The molecule has 1 aliphatic rings. The van der Waals surface area contributed by atoms with E-state index in [2.05, 4.69) is 15.7 Å². The van der Waals surface area contributed by atoms with Crippen molar-refractivity contribution in [1.82, 2.24) is 15.1 Å². The number of amides is 1. The van der Waals surface area contributed by atoms with Crippen LogP contribution in [0.1, 0.15) is 36.8 Å². The highest BCUT2D eigenvalue weighted by Gasteiger charge is 2.17. The predicted octanol–water partition coefficient (Wildman–Crippen LogP) is 2.98. The van der Waals surface area contributed by atoms with E-state index in [-0.39, 0.29) is 5.91 Å². The molecule has 152 valence electrons. The van der Waals surface area contributed by atoms with Gasteiger partial charge in [-0.05, 0) is 62.9 Å². The second-order valence-corrected chi connectivity index (χ2v) is 7.30. The third kappa shape index (κ3) is 5.04. The van der Waals surface area contributed by atoms with Crippen molar-refractivity contribution in [3.05, 3.63) is 35.5 Å². The summed E-state index contributed by atoms with van der Waals surface area (Å²) >= 11 is 0. The smallest absolute Gasteiger partial charge is 0.225 e. The fraction of sp³-hybridized carbons (Fsp3) is 0.524. The van der Waals surface area contributed by atoms with Gasteiger partial charge in [0.05, 0.1) is 27.0 Å². The lowest BCUT2D eigenvalue weighted by atomic mass is 9.93. The van der Waals surface area contributed by atoms with Crippen LogP contribution in [0.3, 0.4) is 0 Å². The molecule has 0 bridgehead atoms. The molecular formula is C21H30N4O3. The second-order valence-electron chi connectivity index (χ2n) is 7.30. The number of hydrogen-bond acceptors (Lipinski definition) is 5. The number of rotatable bonds is 8. The summed E-state index contributed by atoms with van der Waals surface area (Å²) in [5.74, 6) is 2.82. The van der Waals surface area contributed by atoms with E-state index in [4.69, 9.17) is 9.47 Å². The summed E-state index contributed by atoms with van der Waals surface area (Å²) in [7, 11) is 3.24. The van der Waals surface area contributed by atoms with Crippen LogP contribution in [0.5, 0.6) is 11.5 Å². The summed E-state index contributed by atoms with van der Waals surface area (Å²) in [6.07, 6.45) is 5.58. The lowest BCUT2D eigenvalue weighted by molar-refractivity contribution is -0.116. The summed E-state index contributed by atoms with van der Waals surface area (Å²) in [6, 6.07) is 5.78. The zero-order valence-electron chi connectivity index (χ0n) is 17.0. The number of carbonyl (C=O) groups excluding carboxylic acids is 1. The SMILES string of the molecule is COc1ccc(Cn2ncc(C)c2NC(=O)CCC2CCNCC2)cc1OC. The average Bonchev–Trinajstić information content (AvgIpc) is 3.06. The number of ether oxygens (including phenoxy) is 2. The number of piperidine rings is 1.